The average molecular weight is 378 g/mol. The largest absolute Gasteiger partial charge is 0.458 e. The molecule has 144 valence electrons. The van der Waals surface area contributed by atoms with E-state index in [1.165, 1.54) is 9.80 Å². The fourth-order valence-corrected chi connectivity index (χ4v) is 4.11. The van der Waals surface area contributed by atoms with Gasteiger partial charge in [0.1, 0.15) is 6.61 Å². The van der Waals surface area contributed by atoms with Crippen molar-refractivity contribution in [3.05, 3.63) is 64.7 Å². The normalized spacial score (nSPS) is 20.8. The van der Waals surface area contributed by atoms with E-state index in [1.54, 1.807) is 31.3 Å². The van der Waals surface area contributed by atoms with Crippen molar-refractivity contribution < 1.29 is 19.1 Å². The molecule has 2 heterocycles. The zero-order valence-electron chi connectivity index (χ0n) is 16.2. The molecule has 28 heavy (non-hydrogen) atoms. The highest BCUT2D eigenvalue weighted by atomic mass is 16.5. The first kappa shape index (κ1) is 18.2. The number of rotatable bonds is 3. The summed E-state index contributed by atoms with van der Waals surface area (Å²) in [5.74, 6) is -1.05. The van der Waals surface area contributed by atoms with Crippen LogP contribution < -0.4 is 4.90 Å². The Bertz CT molecular complexity index is 1000. The van der Waals surface area contributed by atoms with Gasteiger partial charge in [0.15, 0.2) is 0 Å². The molecule has 2 aliphatic heterocycles. The summed E-state index contributed by atoms with van der Waals surface area (Å²) < 4.78 is 5.66. The van der Waals surface area contributed by atoms with Crippen LogP contribution in [0.5, 0.6) is 0 Å². The predicted octanol–water partition coefficient (Wildman–Crippen LogP) is 2.96. The van der Waals surface area contributed by atoms with Crippen LogP contribution in [0.3, 0.4) is 0 Å². The van der Waals surface area contributed by atoms with E-state index in [0.717, 1.165) is 16.7 Å². The molecule has 0 unspecified atom stereocenters. The van der Waals surface area contributed by atoms with Crippen LogP contribution in [0.2, 0.25) is 0 Å². The van der Waals surface area contributed by atoms with E-state index in [9.17, 15) is 14.4 Å². The molecule has 4 rings (SSSR count). The maximum atomic E-state index is 13.3. The van der Waals surface area contributed by atoms with Gasteiger partial charge >= 0.3 is 5.97 Å². The Hall–Kier alpha value is -3.15. The molecule has 1 atom stereocenters. The number of likely N-dealkylation sites (N-methyl/N-ethyl adjacent to an activating group) is 1. The minimum atomic E-state index is -1.43. The number of anilines is 1. The number of amides is 2. The number of benzene rings is 2. The fraction of sp³-hybridized carbons (Fsp3) is 0.318. The number of ether oxygens (including phenoxy) is 1. The highest BCUT2D eigenvalue weighted by Crippen LogP contribution is 2.44. The Balaban J connectivity index is 1.70. The van der Waals surface area contributed by atoms with Crippen molar-refractivity contribution in [2.45, 2.75) is 39.0 Å². The van der Waals surface area contributed by atoms with Crippen molar-refractivity contribution in [1.29, 1.82) is 0 Å². The molecule has 0 radical (unpaired) electrons. The first-order chi connectivity index (χ1) is 13.4. The number of hydrogen-bond acceptors (Lipinski definition) is 4. The first-order valence-corrected chi connectivity index (χ1v) is 9.30. The molecule has 1 saturated heterocycles. The van der Waals surface area contributed by atoms with Crippen molar-refractivity contribution >= 4 is 23.5 Å². The van der Waals surface area contributed by atoms with Gasteiger partial charge in [-0.3, -0.25) is 14.5 Å². The van der Waals surface area contributed by atoms with Crippen molar-refractivity contribution in [1.82, 2.24) is 4.90 Å². The topological polar surface area (TPSA) is 66.9 Å². The first-order valence-electron chi connectivity index (χ1n) is 9.30. The number of para-hydroxylation sites is 1. The Morgan fingerprint density at radius 1 is 1.14 bits per heavy atom. The second-order valence-corrected chi connectivity index (χ2v) is 7.43. The molecular weight excluding hydrogens is 356 g/mol. The highest BCUT2D eigenvalue weighted by molar-refractivity contribution is 6.15. The Morgan fingerprint density at radius 2 is 1.89 bits per heavy atom. The molecule has 2 aliphatic rings. The molecule has 2 aromatic carbocycles. The van der Waals surface area contributed by atoms with Crippen LogP contribution >= 0.6 is 0 Å². The maximum absolute atomic E-state index is 13.3. The zero-order chi connectivity index (χ0) is 20.1. The fourth-order valence-electron chi connectivity index (χ4n) is 4.11. The Labute approximate surface area is 163 Å². The molecule has 0 bridgehead atoms. The van der Waals surface area contributed by atoms with Crippen LogP contribution in [0.25, 0.3) is 0 Å². The number of fused-ring (bicyclic) bond motifs is 3. The van der Waals surface area contributed by atoms with E-state index in [2.05, 4.69) is 0 Å². The van der Waals surface area contributed by atoms with Gasteiger partial charge in [0.05, 0.1) is 11.3 Å². The summed E-state index contributed by atoms with van der Waals surface area (Å²) in [6, 6.07) is 12.8. The van der Waals surface area contributed by atoms with E-state index in [0.29, 0.717) is 11.3 Å². The third-order valence-electron chi connectivity index (χ3n) is 5.73. The van der Waals surface area contributed by atoms with Crippen LogP contribution in [0, 0.1) is 13.8 Å². The third-order valence-corrected chi connectivity index (χ3v) is 5.73. The molecule has 0 saturated carbocycles. The van der Waals surface area contributed by atoms with Gasteiger partial charge in [-0.05, 0) is 37.1 Å². The highest BCUT2D eigenvalue weighted by Gasteiger charge is 2.60. The number of esters is 1. The molecule has 6 heteroatoms. The molecule has 0 N–H and O–H groups in total. The van der Waals surface area contributed by atoms with Crippen LogP contribution in [-0.2, 0) is 20.9 Å². The summed E-state index contributed by atoms with van der Waals surface area (Å²) in [6.07, 6.45) is 0.401. The SMILES string of the molecule is Cc1ccc(C)c(COC(=O)[C@]23CCC(=O)N2c2ccccc2C(=O)N3C)c1. The second kappa shape index (κ2) is 6.48. The molecule has 2 aromatic rings. The Morgan fingerprint density at radius 3 is 2.68 bits per heavy atom. The van der Waals surface area contributed by atoms with E-state index in [4.69, 9.17) is 4.74 Å². The van der Waals surface area contributed by atoms with Crippen molar-refractivity contribution in [2.75, 3.05) is 11.9 Å². The molecule has 0 aliphatic carbocycles. The van der Waals surface area contributed by atoms with Crippen LogP contribution in [0.1, 0.15) is 39.9 Å². The smallest absolute Gasteiger partial charge is 0.354 e. The minimum Gasteiger partial charge on any atom is -0.458 e. The van der Waals surface area contributed by atoms with Crippen LogP contribution in [-0.4, -0.2) is 35.4 Å². The van der Waals surface area contributed by atoms with Crippen molar-refractivity contribution in [3.63, 3.8) is 0 Å². The molecule has 2 amide bonds. The monoisotopic (exact) mass is 378 g/mol. The summed E-state index contributed by atoms with van der Waals surface area (Å²) in [6.45, 7) is 4.03. The van der Waals surface area contributed by atoms with Gasteiger partial charge in [-0.25, -0.2) is 4.79 Å². The number of hydrogen-bond donors (Lipinski definition) is 0. The van der Waals surface area contributed by atoms with Gasteiger partial charge < -0.3 is 9.64 Å². The summed E-state index contributed by atoms with van der Waals surface area (Å²) in [5, 5.41) is 0. The predicted molar refractivity (Wildman–Crippen MR) is 104 cm³/mol. The summed E-state index contributed by atoms with van der Waals surface area (Å²) in [7, 11) is 1.56. The van der Waals surface area contributed by atoms with Crippen LogP contribution in [0.4, 0.5) is 5.69 Å². The quantitative estimate of drug-likeness (QED) is 0.770. The molecule has 0 aromatic heterocycles. The average Bonchev–Trinajstić information content (AvgIpc) is 3.05. The number of nitrogens with zero attached hydrogens (tertiary/aromatic N) is 2. The molecular formula is C22H22N2O4. The minimum absolute atomic E-state index is 0.0970. The van der Waals surface area contributed by atoms with Gasteiger partial charge in [0.2, 0.25) is 11.6 Å². The standard InChI is InChI=1S/C22H22N2O4/c1-14-8-9-15(2)16(12-14)13-28-21(27)22-11-10-19(25)24(22)18-7-5-4-6-17(18)20(26)23(22)3/h4-9,12H,10-11,13H2,1-3H3/t22-/m0/s1. The van der Waals surface area contributed by atoms with Gasteiger partial charge in [-0.2, -0.15) is 0 Å². The second-order valence-electron chi connectivity index (χ2n) is 7.43. The lowest BCUT2D eigenvalue weighted by Gasteiger charge is -2.46. The van der Waals surface area contributed by atoms with Crippen molar-refractivity contribution in [2.24, 2.45) is 0 Å². The number of carbonyl (C=O) groups is 3. The lowest BCUT2D eigenvalue weighted by Crippen LogP contribution is -2.67. The summed E-state index contributed by atoms with van der Waals surface area (Å²) in [5.41, 5.74) is 2.46. The van der Waals surface area contributed by atoms with E-state index in [-0.39, 0.29) is 31.3 Å². The van der Waals surface area contributed by atoms with Gasteiger partial charge in [-0.1, -0.05) is 35.9 Å². The number of aryl methyl sites for hydroxylation is 2. The molecule has 0 spiro atoms. The summed E-state index contributed by atoms with van der Waals surface area (Å²) in [4.78, 5) is 41.7. The van der Waals surface area contributed by atoms with E-state index in [1.807, 2.05) is 32.0 Å². The van der Waals surface area contributed by atoms with Crippen molar-refractivity contribution in [3.8, 4) is 0 Å². The van der Waals surface area contributed by atoms with Gasteiger partial charge in [-0.15, -0.1) is 0 Å². The summed E-state index contributed by atoms with van der Waals surface area (Å²) >= 11 is 0. The zero-order valence-corrected chi connectivity index (χ0v) is 16.2. The maximum Gasteiger partial charge on any atom is 0.354 e. The number of carbonyl (C=O) groups excluding carboxylic acids is 3. The van der Waals surface area contributed by atoms with E-state index < -0.39 is 11.6 Å². The van der Waals surface area contributed by atoms with E-state index >= 15 is 0 Å². The third kappa shape index (κ3) is 2.52. The lowest BCUT2D eigenvalue weighted by atomic mass is 9.97. The van der Waals surface area contributed by atoms with Gasteiger partial charge in [0, 0.05) is 19.9 Å². The lowest BCUT2D eigenvalue weighted by molar-refractivity contribution is -0.157. The molecule has 1 fully saturated rings. The molecule has 6 nitrogen and oxygen atoms in total. The van der Waals surface area contributed by atoms with Gasteiger partial charge in [0.25, 0.3) is 5.91 Å². The Kier molecular flexibility index (Phi) is 4.22. The van der Waals surface area contributed by atoms with Crippen LogP contribution in [0.15, 0.2) is 42.5 Å².